The van der Waals surface area contributed by atoms with Gasteiger partial charge in [-0.25, -0.2) is 0 Å². The third-order valence-corrected chi connectivity index (χ3v) is 12.1. The van der Waals surface area contributed by atoms with Crippen molar-refractivity contribution in [3.05, 3.63) is 218 Å². The second-order valence-electron chi connectivity index (χ2n) is 15.3. The molecule has 0 aliphatic heterocycles. The van der Waals surface area contributed by atoms with E-state index in [0.29, 0.717) is 0 Å². The summed E-state index contributed by atoms with van der Waals surface area (Å²) in [6.07, 6.45) is 0. The summed E-state index contributed by atoms with van der Waals surface area (Å²) < 4.78 is 4.77. The Morgan fingerprint density at radius 3 is 1.33 bits per heavy atom. The molecular weight excluding hydrogens is 701 g/mol. The van der Waals surface area contributed by atoms with Crippen molar-refractivity contribution in [2.45, 2.75) is 0 Å². The average molecular weight is 737 g/mol. The summed E-state index contributed by atoms with van der Waals surface area (Å²) in [6, 6.07) is 80.1. The molecule has 12 aromatic rings. The summed E-state index contributed by atoms with van der Waals surface area (Å²) in [7, 11) is 0. The molecule has 0 atom stereocenters. The van der Waals surface area contributed by atoms with E-state index in [4.69, 9.17) is 0 Å². The van der Waals surface area contributed by atoms with Crippen LogP contribution in [-0.4, -0.2) is 9.13 Å². The van der Waals surface area contributed by atoms with Crippen molar-refractivity contribution >= 4 is 54.1 Å². The van der Waals surface area contributed by atoms with Crippen molar-refractivity contribution in [3.8, 4) is 56.1 Å². The van der Waals surface area contributed by atoms with Gasteiger partial charge in [-0.2, -0.15) is 0 Å². The normalized spacial score (nSPS) is 11.8. The Hall–Kier alpha value is -7.68. The Morgan fingerprint density at radius 1 is 0.259 bits per heavy atom. The minimum Gasteiger partial charge on any atom is -0.309 e. The standard InChI is InChI=1S/C56H36N2/c1-3-19-45(20-4-1)57-51-23-9-7-13-43(51)34-53(57)38-27-25-37(26-28-38)49-36-50(48-32-30-40-16-11-15-39-29-31-47(49)56(48)55(39)40)41-17-12-18-42(33-41)54-35-44-14-8-10-24-52(44)58(54)46-21-5-2-6-22-46/h1-36H. The SMILES string of the molecule is c1ccc(-n2c(-c3ccc(-c4cc(-c5cccc(-c6cc7ccccc7n6-c6ccccc6)c5)c5ccc6cccc7ccc4c5c76)cc3)cc3ccccc32)cc1. The number of fused-ring (bicyclic) bond motifs is 2. The van der Waals surface area contributed by atoms with E-state index in [2.05, 4.69) is 228 Å². The number of hydrogen-bond donors (Lipinski definition) is 0. The molecule has 2 heterocycles. The first kappa shape index (κ1) is 32.6. The van der Waals surface area contributed by atoms with Crippen LogP contribution in [-0.2, 0) is 0 Å². The molecule has 2 nitrogen and oxygen atoms in total. The summed E-state index contributed by atoms with van der Waals surface area (Å²) in [5.74, 6) is 0. The molecule has 0 unspecified atom stereocenters. The molecule has 0 aliphatic rings. The lowest BCUT2D eigenvalue weighted by atomic mass is 9.85. The number of para-hydroxylation sites is 4. The molecule has 58 heavy (non-hydrogen) atoms. The fraction of sp³-hybridized carbons (Fsp3) is 0. The van der Waals surface area contributed by atoms with Crippen LogP contribution in [0, 0.1) is 0 Å². The molecule has 0 radical (unpaired) electrons. The lowest BCUT2D eigenvalue weighted by molar-refractivity contribution is 1.13. The van der Waals surface area contributed by atoms with Gasteiger partial charge in [0.25, 0.3) is 0 Å². The molecule has 0 saturated heterocycles. The van der Waals surface area contributed by atoms with Crippen LogP contribution in [0.4, 0.5) is 0 Å². The van der Waals surface area contributed by atoms with Crippen molar-refractivity contribution in [2.75, 3.05) is 0 Å². The van der Waals surface area contributed by atoms with Crippen molar-refractivity contribution < 1.29 is 0 Å². The summed E-state index contributed by atoms with van der Waals surface area (Å²) >= 11 is 0. The van der Waals surface area contributed by atoms with Crippen LogP contribution < -0.4 is 0 Å². The second kappa shape index (κ2) is 12.9. The van der Waals surface area contributed by atoms with E-state index in [1.165, 1.54) is 98.9 Å². The Morgan fingerprint density at radius 2 is 0.724 bits per heavy atom. The van der Waals surface area contributed by atoms with Gasteiger partial charge in [0, 0.05) is 22.1 Å². The zero-order valence-electron chi connectivity index (χ0n) is 31.7. The van der Waals surface area contributed by atoms with Crippen molar-refractivity contribution in [2.24, 2.45) is 0 Å². The highest BCUT2D eigenvalue weighted by molar-refractivity contribution is 6.28. The molecule has 10 aromatic carbocycles. The Balaban J connectivity index is 1.06. The van der Waals surface area contributed by atoms with Gasteiger partial charge in [0.05, 0.1) is 22.4 Å². The minimum absolute atomic E-state index is 1.15. The van der Waals surface area contributed by atoms with Gasteiger partial charge < -0.3 is 9.13 Å². The van der Waals surface area contributed by atoms with E-state index in [1.807, 2.05) is 0 Å². The van der Waals surface area contributed by atoms with Crippen LogP contribution in [0.1, 0.15) is 0 Å². The first-order chi connectivity index (χ1) is 28.8. The summed E-state index contributed by atoms with van der Waals surface area (Å²) in [4.78, 5) is 0. The van der Waals surface area contributed by atoms with Gasteiger partial charge in [-0.1, -0.05) is 158 Å². The first-order valence-electron chi connectivity index (χ1n) is 20.0. The molecule has 0 N–H and O–H groups in total. The third kappa shape index (κ3) is 5.05. The van der Waals surface area contributed by atoms with Crippen LogP contribution in [0.2, 0.25) is 0 Å². The van der Waals surface area contributed by atoms with Gasteiger partial charge in [-0.05, 0) is 126 Å². The topological polar surface area (TPSA) is 9.86 Å². The highest BCUT2D eigenvalue weighted by Gasteiger charge is 2.19. The number of benzene rings is 10. The molecule has 2 aromatic heterocycles. The highest BCUT2D eigenvalue weighted by Crippen LogP contribution is 2.45. The fourth-order valence-corrected chi connectivity index (χ4v) is 9.42. The fourth-order valence-electron chi connectivity index (χ4n) is 9.42. The predicted molar refractivity (Wildman–Crippen MR) is 246 cm³/mol. The Bertz CT molecular complexity index is 3460. The zero-order chi connectivity index (χ0) is 38.2. The van der Waals surface area contributed by atoms with E-state index in [9.17, 15) is 0 Å². The van der Waals surface area contributed by atoms with Gasteiger partial charge in [0.2, 0.25) is 0 Å². The Labute approximate surface area is 336 Å². The van der Waals surface area contributed by atoms with E-state index in [-0.39, 0.29) is 0 Å². The van der Waals surface area contributed by atoms with E-state index in [1.54, 1.807) is 0 Å². The third-order valence-electron chi connectivity index (χ3n) is 12.1. The zero-order valence-corrected chi connectivity index (χ0v) is 31.7. The lowest BCUT2D eigenvalue weighted by Crippen LogP contribution is -1.97. The van der Waals surface area contributed by atoms with Gasteiger partial charge in [-0.3, -0.25) is 0 Å². The van der Waals surface area contributed by atoms with Gasteiger partial charge in [0.1, 0.15) is 0 Å². The molecule has 0 fully saturated rings. The summed E-state index contributed by atoms with van der Waals surface area (Å²) in [5, 5.41) is 10.2. The number of nitrogens with zero attached hydrogens (tertiary/aromatic N) is 2. The van der Waals surface area contributed by atoms with Crippen LogP contribution in [0.5, 0.6) is 0 Å². The quantitative estimate of drug-likeness (QED) is 0.150. The van der Waals surface area contributed by atoms with E-state index >= 15 is 0 Å². The lowest BCUT2D eigenvalue weighted by Gasteiger charge is -2.19. The minimum atomic E-state index is 1.15. The van der Waals surface area contributed by atoms with E-state index in [0.717, 1.165) is 11.4 Å². The number of hydrogen-bond acceptors (Lipinski definition) is 0. The maximum Gasteiger partial charge on any atom is 0.0541 e. The number of aromatic nitrogens is 2. The molecular formula is C56H36N2. The van der Waals surface area contributed by atoms with Gasteiger partial charge in [0.15, 0.2) is 0 Å². The molecule has 0 bridgehead atoms. The van der Waals surface area contributed by atoms with Crippen molar-refractivity contribution in [1.82, 2.24) is 9.13 Å². The average Bonchev–Trinajstić information content (AvgIpc) is 3.89. The first-order valence-corrected chi connectivity index (χ1v) is 20.0. The van der Waals surface area contributed by atoms with Crippen LogP contribution in [0.15, 0.2) is 218 Å². The van der Waals surface area contributed by atoms with Gasteiger partial charge >= 0.3 is 0 Å². The Kier molecular flexibility index (Phi) is 7.26. The maximum absolute atomic E-state index is 2.43. The molecule has 0 aliphatic carbocycles. The molecule has 0 spiro atoms. The monoisotopic (exact) mass is 736 g/mol. The molecule has 0 amide bonds. The maximum atomic E-state index is 2.43. The van der Waals surface area contributed by atoms with Crippen LogP contribution in [0.25, 0.3) is 110 Å². The molecule has 2 heteroatoms. The van der Waals surface area contributed by atoms with E-state index < -0.39 is 0 Å². The summed E-state index contributed by atoms with van der Waals surface area (Å²) in [6.45, 7) is 0. The van der Waals surface area contributed by atoms with Crippen molar-refractivity contribution in [1.29, 1.82) is 0 Å². The van der Waals surface area contributed by atoms with Crippen LogP contribution >= 0.6 is 0 Å². The van der Waals surface area contributed by atoms with Crippen LogP contribution in [0.3, 0.4) is 0 Å². The number of rotatable bonds is 6. The second-order valence-corrected chi connectivity index (χ2v) is 15.3. The molecule has 270 valence electrons. The highest BCUT2D eigenvalue weighted by atomic mass is 15.0. The van der Waals surface area contributed by atoms with Gasteiger partial charge in [-0.15, -0.1) is 0 Å². The molecule has 0 saturated carbocycles. The van der Waals surface area contributed by atoms with Crippen molar-refractivity contribution in [3.63, 3.8) is 0 Å². The predicted octanol–water partition coefficient (Wildman–Crippen LogP) is 15.1. The summed E-state index contributed by atoms with van der Waals surface area (Å²) in [5.41, 5.74) is 14.3. The smallest absolute Gasteiger partial charge is 0.0541 e. The largest absolute Gasteiger partial charge is 0.309 e. The molecule has 12 rings (SSSR count).